The minimum absolute atomic E-state index is 0.330. The molecule has 0 N–H and O–H groups in total. The number of nitrogens with zero attached hydrogens (tertiary/aromatic N) is 2. The molecule has 2 atom stereocenters. The van der Waals surface area contributed by atoms with Gasteiger partial charge in [0.05, 0.1) is 11.3 Å². The zero-order chi connectivity index (χ0) is 35.0. The van der Waals surface area contributed by atoms with Gasteiger partial charge in [0.25, 0.3) is 0 Å². The summed E-state index contributed by atoms with van der Waals surface area (Å²) in [6.45, 7) is 4.75. The first-order valence-electron chi connectivity index (χ1n) is 18.2. The smallest absolute Gasteiger partial charge is 0.160 e. The second-order valence-corrected chi connectivity index (χ2v) is 15.1. The fourth-order valence-electron chi connectivity index (χ4n) is 8.50. The lowest BCUT2D eigenvalue weighted by Crippen LogP contribution is -2.29. The Balaban J connectivity index is 1.14. The van der Waals surface area contributed by atoms with Gasteiger partial charge in [-0.15, -0.1) is 11.3 Å². The number of fused-ring (bicyclic) bond motifs is 8. The summed E-state index contributed by atoms with van der Waals surface area (Å²) in [5.41, 5.74) is 10.2. The van der Waals surface area contributed by atoms with Crippen LogP contribution in [0.1, 0.15) is 29.2 Å². The lowest BCUT2D eigenvalue weighted by Gasteiger charge is -2.25. The lowest BCUT2D eigenvalue weighted by atomic mass is 9.87. The zero-order valence-corrected chi connectivity index (χ0v) is 29.6. The minimum atomic E-state index is -0.359. The quantitative estimate of drug-likeness (QED) is 0.180. The number of amidine groups is 1. The number of hydrogen-bond acceptors (Lipinski definition) is 4. The molecule has 4 heteroatoms. The van der Waals surface area contributed by atoms with Gasteiger partial charge in [-0.3, -0.25) is 4.99 Å². The number of benzene rings is 6. The Kier molecular flexibility index (Phi) is 6.77. The molecule has 2 aliphatic carbocycles. The largest absolute Gasteiger partial charge is 0.455 e. The van der Waals surface area contributed by atoms with Crippen molar-refractivity contribution in [2.24, 2.45) is 15.9 Å². The molecule has 0 bridgehead atoms. The van der Waals surface area contributed by atoms with E-state index in [4.69, 9.17) is 21.0 Å². The Morgan fingerprint density at radius 3 is 2.36 bits per heavy atom. The first-order chi connectivity index (χ1) is 26.2. The molecule has 3 nitrogen and oxygen atoms in total. The molecule has 0 radical (unpaired) electrons. The van der Waals surface area contributed by atoms with Crippen LogP contribution in [0.25, 0.3) is 64.7 Å². The highest BCUT2D eigenvalue weighted by Crippen LogP contribution is 2.41. The second kappa shape index (κ2) is 11.8. The standard InChI is InChI=1S/C49H32N2OS/c1-29-45(32-25-26-38-37-16-7-8-23-43(37)53-44(38)28-32)50-49(42-22-11-21-40-41-27-24-31-14-5-6-15-34(31)47(41)52-48(40)42)51-46(29)39-20-10-18-35-33(17-9-19-36(35)39)30-12-3-2-4-13-30/h2-23,25-28,31,46H,1,24H2. The highest BCUT2D eigenvalue weighted by Gasteiger charge is 2.29. The molecule has 250 valence electrons. The summed E-state index contributed by atoms with van der Waals surface area (Å²) in [7, 11) is 0. The number of allylic oxidation sites excluding steroid dienone is 4. The highest BCUT2D eigenvalue weighted by molar-refractivity contribution is 7.25. The van der Waals surface area contributed by atoms with Crippen LogP contribution in [0.2, 0.25) is 0 Å². The maximum Gasteiger partial charge on any atom is 0.160 e. The van der Waals surface area contributed by atoms with Gasteiger partial charge in [0, 0.05) is 53.4 Å². The molecule has 0 fully saturated rings. The molecule has 3 aliphatic rings. The molecular weight excluding hydrogens is 665 g/mol. The maximum atomic E-state index is 6.86. The summed E-state index contributed by atoms with van der Waals surface area (Å²) in [5.74, 6) is 0.985. The van der Waals surface area contributed by atoms with Gasteiger partial charge in [-0.1, -0.05) is 146 Å². The molecule has 2 unspecified atom stereocenters. The van der Waals surface area contributed by atoms with Crippen molar-refractivity contribution >= 4 is 76.4 Å². The number of thiophene rings is 1. The van der Waals surface area contributed by atoms with Crippen molar-refractivity contribution in [3.63, 3.8) is 0 Å². The molecule has 0 amide bonds. The molecule has 0 spiro atoms. The summed E-state index contributed by atoms with van der Waals surface area (Å²) < 4.78 is 9.37. The predicted octanol–water partition coefficient (Wildman–Crippen LogP) is 11.2. The third kappa shape index (κ3) is 4.72. The van der Waals surface area contributed by atoms with Gasteiger partial charge in [-0.25, -0.2) is 4.99 Å². The number of furan rings is 1. The summed E-state index contributed by atoms with van der Waals surface area (Å²) >= 11 is 1.82. The van der Waals surface area contributed by atoms with E-state index in [2.05, 4.69) is 158 Å². The Bertz CT molecular complexity index is 3120. The van der Waals surface area contributed by atoms with Crippen LogP contribution in [-0.4, -0.2) is 11.5 Å². The Morgan fingerprint density at radius 2 is 1.43 bits per heavy atom. The van der Waals surface area contributed by atoms with Crippen molar-refractivity contribution in [2.75, 3.05) is 0 Å². The van der Waals surface area contributed by atoms with Crippen LogP contribution in [0, 0.1) is 5.92 Å². The van der Waals surface area contributed by atoms with E-state index >= 15 is 0 Å². The van der Waals surface area contributed by atoms with Crippen LogP contribution in [0.5, 0.6) is 0 Å². The van der Waals surface area contributed by atoms with Gasteiger partial charge in [0.1, 0.15) is 17.0 Å². The van der Waals surface area contributed by atoms with Crippen LogP contribution in [0.3, 0.4) is 0 Å². The van der Waals surface area contributed by atoms with Crippen molar-refractivity contribution < 1.29 is 4.42 Å². The van der Waals surface area contributed by atoms with Gasteiger partial charge in [-0.2, -0.15) is 0 Å². The third-order valence-electron chi connectivity index (χ3n) is 11.1. The fraction of sp³-hybridized carbons (Fsp3) is 0.0612. The normalized spacial score (nSPS) is 18.0. The van der Waals surface area contributed by atoms with Gasteiger partial charge in [0.15, 0.2) is 5.84 Å². The van der Waals surface area contributed by atoms with Crippen molar-refractivity contribution in [1.82, 2.24) is 0 Å². The monoisotopic (exact) mass is 696 g/mol. The van der Waals surface area contributed by atoms with E-state index in [0.29, 0.717) is 11.8 Å². The zero-order valence-electron chi connectivity index (χ0n) is 28.8. The first kappa shape index (κ1) is 30.3. The van der Waals surface area contributed by atoms with Crippen LogP contribution < -0.4 is 10.6 Å². The maximum absolute atomic E-state index is 6.86. The number of para-hydroxylation sites is 1. The van der Waals surface area contributed by atoms with Crippen LogP contribution in [0.4, 0.5) is 0 Å². The van der Waals surface area contributed by atoms with Gasteiger partial charge >= 0.3 is 0 Å². The molecule has 1 aliphatic heterocycles. The summed E-state index contributed by atoms with van der Waals surface area (Å²) in [5, 5.41) is 7.14. The average Bonchev–Trinajstić information content (AvgIpc) is 3.79. The van der Waals surface area contributed by atoms with E-state index in [-0.39, 0.29) is 6.04 Å². The molecule has 2 aromatic heterocycles. The Morgan fingerprint density at radius 1 is 0.660 bits per heavy atom. The highest BCUT2D eigenvalue weighted by atomic mass is 32.1. The van der Waals surface area contributed by atoms with Crippen LogP contribution >= 0.6 is 11.3 Å². The van der Waals surface area contributed by atoms with E-state index in [1.54, 1.807) is 0 Å². The lowest BCUT2D eigenvalue weighted by molar-refractivity contribution is 0.563. The second-order valence-electron chi connectivity index (χ2n) is 14.0. The van der Waals surface area contributed by atoms with E-state index in [0.717, 1.165) is 61.4 Å². The van der Waals surface area contributed by atoms with Crippen LogP contribution in [-0.2, 0) is 0 Å². The average molecular weight is 697 g/mol. The molecular formula is C49H32N2OS. The Hall–Kier alpha value is -6.36. The minimum Gasteiger partial charge on any atom is -0.455 e. The topological polar surface area (TPSA) is 37.9 Å². The van der Waals surface area contributed by atoms with Crippen molar-refractivity contribution in [2.45, 2.75) is 12.5 Å². The summed E-state index contributed by atoms with van der Waals surface area (Å²) in [6.07, 6.45) is 12.0. The molecule has 6 aromatic carbocycles. The van der Waals surface area contributed by atoms with Gasteiger partial charge in [0.2, 0.25) is 0 Å². The number of hydrogen-bond donors (Lipinski definition) is 0. The number of aliphatic imine (C=N–C) groups is 2. The van der Waals surface area contributed by atoms with E-state index < -0.39 is 0 Å². The third-order valence-corrected chi connectivity index (χ3v) is 12.2. The van der Waals surface area contributed by atoms with Gasteiger partial charge in [-0.05, 0) is 52.1 Å². The molecule has 3 heterocycles. The summed E-state index contributed by atoms with van der Waals surface area (Å²) in [6, 6.07) is 45.1. The number of rotatable bonds is 4. The van der Waals surface area contributed by atoms with Crippen molar-refractivity contribution in [3.8, 4) is 11.1 Å². The van der Waals surface area contributed by atoms with Gasteiger partial charge < -0.3 is 4.42 Å². The Labute approximate surface area is 310 Å². The van der Waals surface area contributed by atoms with Crippen LogP contribution in [0.15, 0.2) is 178 Å². The van der Waals surface area contributed by atoms with E-state index in [9.17, 15) is 0 Å². The SMILES string of the molecule is C=C1C(c2ccc3c(c2)sc2ccccc23)=NC(c2cccc3c4c(oc23)=C2C=CC=CC2CC=4)=NC1c1cccc2c(-c3ccccc3)cccc12. The fourth-order valence-corrected chi connectivity index (χ4v) is 9.64. The molecule has 53 heavy (non-hydrogen) atoms. The first-order valence-corrected chi connectivity index (χ1v) is 19.0. The van der Waals surface area contributed by atoms with E-state index in [1.165, 1.54) is 42.3 Å². The summed E-state index contributed by atoms with van der Waals surface area (Å²) in [4.78, 5) is 10.9. The molecule has 8 aromatic rings. The van der Waals surface area contributed by atoms with Crippen molar-refractivity contribution in [3.05, 3.63) is 191 Å². The predicted molar refractivity (Wildman–Crippen MR) is 223 cm³/mol. The van der Waals surface area contributed by atoms with Crippen molar-refractivity contribution in [1.29, 1.82) is 0 Å². The molecule has 11 rings (SSSR count). The molecule has 0 saturated carbocycles. The molecule has 0 saturated heterocycles. The van der Waals surface area contributed by atoms with E-state index in [1.807, 2.05) is 11.3 Å².